The Morgan fingerprint density at radius 2 is 1.77 bits per heavy atom. The van der Waals surface area contributed by atoms with Crippen LogP contribution in [0, 0.1) is 0 Å². The molecule has 3 aromatic rings. The van der Waals surface area contributed by atoms with Crippen molar-refractivity contribution in [2.45, 2.75) is 64.8 Å². The quantitative estimate of drug-likeness (QED) is 0.222. The van der Waals surface area contributed by atoms with Crippen LogP contribution in [0.25, 0.3) is 17.0 Å². The molecular weight excluding hydrogens is 531 g/mol. The average Bonchev–Trinajstić information content (AvgIpc) is 3.23. The van der Waals surface area contributed by atoms with Gasteiger partial charge in [-0.15, -0.1) is 0 Å². The van der Waals surface area contributed by atoms with Gasteiger partial charge >= 0.3 is 6.18 Å². The van der Waals surface area contributed by atoms with E-state index in [-0.39, 0.29) is 18.0 Å². The zero-order chi connectivity index (χ0) is 29.5. The predicted molar refractivity (Wildman–Crippen MR) is 143 cm³/mol. The SMILES string of the molecule is CC(=O)N=C(/C(C)=C/c1ccc2nn(Cc3ccc(C(F)(F)F)cc3C(C)(F)F)cc2c1)N1CCC(C)(O)CC1. The van der Waals surface area contributed by atoms with Gasteiger partial charge in [0, 0.05) is 44.1 Å². The number of fused-ring (bicyclic) bond motifs is 1. The first-order chi connectivity index (χ1) is 18.5. The molecule has 0 radical (unpaired) electrons. The third-order valence-electron chi connectivity index (χ3n) is 6.96. The van der Waals surface area contributed by atoms with Crippen LogP contribution in [-0.4, -0.2) is 50.2 Å². The van der Waals surface area contributed by atoms with E-state index in [1.807, 2.05) is 30.0 Å². The number of rotatable bonds is 5. The Morgan fingerprint density at radius 1 is 1.10 bits per heavy atom. The summed E-state index contributed by atoms with van der Waals surface area (Å²) in [5.74, 6) is -3.27. The van der Waals surface area contributed by atoms with E-state index < -0.39 is 28.8 Å². The van der Waals surface area contributed by atoms with Gasteiger partial charge in [0.15, 0.2) is 0 Å². The van der Waals surface area contributed by atoms with Crippen LogP contribution in [0.1, 0.15) is 62.8 Å². The van der Waals surface area contributed by atoms with Crippen molar-refractivity contribution in [2.24, 2.45) is 4.99 Å². The lowest BCUT2D eigenvalue weighted by Crippen LogP contribution is -2.45. The minimum atomic E-state index is -4.73. The van der Waals surface area contributed by atoms with Crippen LogP contribution in [0.5, 0.6) is 0 Å². The molecule has 1 aliphatic rings. The van der Waals surface area contributed by atoms with E-state index in [0.717, 1.165) is 23.3 Å². The number of alkyl halides is 5. The van der Waals surface area contributed by atoms with Gasteiger partial charge in [0.25, 0.3) is 5.92 Å². The monoisotopic (exact) mass is 562 g/mol. The van der Waals surface area contributed by atoms with E-state index in [2.05, 4.69) is 10.1 Å². The zero-order valence-corrected chi connectivity index (χ0v) is 22.7. The lowest BCUT2D eigenvalue weighted by Gasteiger charge is -2.37. The molecule has 0 aliphatic carbocycles. The summed E-state index contributed by atoms with van der Waals surface area (Å²) < 4.78 is 69.3. The van der Waals surface area contributed by atoms with Crippen molar-refractivity contribution in [3.05, 3.63) is 70.4 Å². The van der Waals surface area contributed by atoms with Crippen LogP contribution in [0.3, 0.4) is 0 Å². The summed E-state index contributed by atoms with van der Waals surface area (Å²) in [5, 5.41) is 15.4. The molecule has 1 saturated heterocycles. The van der Waals surface area contributed by atoms with E-state index in [1.54, 1.807) is 19.2 Å². The van der Waals surface area contributed by atoms with Gasteiger partial charge < -0.3 is 10.0 Å². The summed E-state index contributed by atoms with van der Waals surface area (Å²) in [7, 11) is 0. The van der Waals surface area contributed by atoms with E-state index in [9.17, 15) is 31.9 Å². The molecule has 0 bridgehead atoms. The molecule has 6 nitrogen and oxygen atoms in total. The van der Waals surface area contributed by atoms with Crippen molar-refractivity contribution < 1.29 is 31.9 Å². The van der Waals surface area contributed by atoms with Gasteiger partial charge in [0.2, 0.25) is 5.91 Å². The van der Waals surface area contributed by atoms with Crippen LogP contribution in [0.15, 0.2) is 53.2 Å². The highest BCUT2D eigenvalue weighted by atomic mass is 19.4. The largest absolute Gasteiger partial charge is 0.416 e. The molecule has 0 atom stereocenters. The minimum Gasteiger partial charge on any atom is -0.390 e. The number of aromatic nitrogens is 2. The molecular formula is C29H31F5N4O2. The molecule has 0 saturated carbocycles. The lowest BCUT2D eigenvalue weighted by molar-refractivity contribution is -0.137. The zero-order valence-electron chi connectivity index (χ0n) is 22.7. The Morgan fingerprint density at radius 3 is 2.38 bits per heavy atom. The van der Waals surface area contributed by atoms with Gasteiger partial charge in [-0.3, -0.25) is 9.48 Å². The first-order valence-corrected chi connectivity index (χ1v) is 12.8. The second-order valence-corrected chi connectivity index (χ2v) is 10.7. The summed E-state index contributed by atoms with van der Waals surface area (Å²) >= 11 is 0. The number of carbonyl (C=O) groups excluding carboxylic acids is 1. The summed E-state index contributed by atoms with van der Waals surface area (Å²) in [6.45, 7) is 6.56. The number of aliphatic imine (C=N–C) groups is 1. The molecule has 0 spiro atoms. The minimum absolute atomic E-state index is 0.0369. The van der Waals surface area contributed by atoms with Gasteiger partial charge in [0.1, 0.15) is 5.84 Å². The number of benzene rings is 2. The average molecular weight is 563 g/mol. The van der Waals surface area contributed by atoms with Gasteiger partial charge in [-0.25, -0.2) is 8.78 Å². The molecule has 214 valence electrons. The van der Waals surface area contributed by atoms with Crippen molar-refractivity contribution in [3.63, 3.8) is 0 Å². The summed E-state index contributed by atoms with van der Waals surface area (Å²) in [5.41, 5.74) is -0.416. The number of carbonyl (C=O) groups is 1. The van der Waals surface area contributed by atoms with Crippen molar-refractivity contribution >= 4 is 28.7 Å². The number of halogens is 5. The number of amides is 1. The second-order valence-electron chi connectivity index (χ2n) is 10.7. The molecule has 0 unspecified atom stereocenters. The summed E-state index contributed by atoms with van der Waals surface area (Å²) in [6, 6.07) is 7.77. The standard InChI is InChI=1S/C29H31F5N4O2/c1-18(26(35-19(2)39)37-11-9-27(3,40)10-12-37)13-20-5-8-25-22(14-20)17-38(36-25)16-21-6-7-23(29(32,33)34)15-24(21)28(4,30)31/h5-8,13-15,17,40H,9-12,16H2,1-4H3/b18-13+,35-26?. The van der Waals surface area contributed by atoms with E-state index in [1.165, 1.54) is 11.6 Å². The summed E-state index contributed by atoms with van der Waals surface area (Å²) in [4.78, 5) is 18.0. The Bertz CT molecular complexity index is 1470. The van der Waals surface area contributed by atoms with Crippen molar-refractivity contribution in [2.75, 3.05) is 13.1 Å². The topological polar surface area (TPSA) is 70.7 Å². The molecule has 2 aromatic carbocycles. The number of nitrogens with zero attached hydrogens (tertiary/aromatic N) is 4. The first kappa shape index (κ1) is 29.4. The fraction of sp³-hybridized carbons (Fsp3) is 0.414. The Kier molecular flexibility index (Phi) is 7.90. The number of hydrogen-bond donors (Lipinski definition) is 1. The first-order valence-electron chi connectivity index (χ1n) is 12.8. The van der Waals surface area contributed by atoms with Gasteiger partial charge in [-0.1, -0.05) is 12.1 Å². The smallest absolute Gasteiger partial charge is 0.390 e. The third-order valence-corrected chi connectivity index (χ3v) is 6.96. The number of likely N-dealkylation sites (tertiary alicyclic amines) is 1. The molecule has 1 amide bonds. The van der Waals surface area contributed by atoms with Gasteiger partial charge in [-0.2, -0.15) is 23.3 Å². The normalized spacial score (nSPS) is 17.0. The molecule has 1 aliphatic heterocycles. The maximum atomic E-state index is 14.2. The van der Waals surface area contributed by atoms with Gasteiger partial charge in [0.05, 0.1) is 23.2 Å². The molecule has 1 fully saturated rings. The Balaban J connectivity index is 1.61. The number of amidine groups is 1. The fourth-order valence-electron chi connectivity index (χ4n) is 4.81. The van der Waals surface area contributed by atoms with Crippen LogP contribution in [0.4, 0.5) is 22.0 Å². The highest BCUT2D eigenvalue weighted by Gasteiger charge is 2.35. The van der Waals surface area contributed by atoms with Crippen molar-refractivity contribution in [1.82, 2.24) is 14.7 Å². The molecule has 1 N–H and O–H groups in total. The number of hydrogen-bond acceptors (Lipinski definition) is 3. The van der Waals surface area contributed by atoms with Gasteiger partial charge in [-0.05, 0) is 73.7 Å². The summed E-state index contributed by atoms with van der Waals surface area (Å²) in [6.07, 6.45) is -0.116. The highest BCUT2D eigenvalue weighted by Crippen LogP contribution is 2.36. The predicted octanol–water partition coefficient (Wildman–Crippen LogP) is 6.41. The molecule has 40 heavy (non-hydrogen) atoms. The Labute approximate surface area is 228 Å². The fourth-order valence-corrected chi connectivity index (χ4v) is 4.81. The highest BCUT2D eigenvalue weighted by molar-refractivity contribution is 6.06. The van der Waals surface area contributed by atoms with Crippen LogP contribution in [0.2, 0.25) is 0 Å². The molecule has 1 aromatic heterocycles. The number of aliphatic hydroxyl groups is 1. The lowest BCUT2D eigenvalue weighted by atomic mass is 9.93. The second kappa shape index (κ2) is 10.8. The van der Waals surface area contributed by atoms with Crippen molar-refractivity contribution in [1.29, 1.82) is 0 Å². The number of piperidine rings is 1. The third kappa shape index (κ3) is 6.93. The van der Waals surface area contributed by atoms with E-state index in [4.69, 9.17) is 0 Å². The maximum absolute atomic E-state index is 14.2. The molecule has 2 heterocycles. The van der Waals surface area contributed by atoms with Crippen LogP contribution in [-0.2, 0) is 23.4 Å². The van der Waals surface area contributed by atoms with E-state index in [0.29, 0.717) is 55.7 Å². The molecule has 4 rings (SSSR count). The van der Waals surface area contributed by atoms with Crippen LogP contribution < -0.4 is 0 Å². The van der Waals surface area contributed by atoms with Crippen LogP contribution >= 0.6 is 0 Å². The Hall–Kier alpha value is -3.60. The van der Waals surface area contributed by atoms with E-state index >= 15 is 0 Å². The van der Waals surface area contributed by atoms with Crippen molar-refractivity contribution in [3.8, 4) is 0 Å². The molecule has 11 heteroatoms. The maximum Gasteiger partial charge on any atom is 0.416 e.